The number of amides is 3. The molecule has 3 N–H and O–H groups in total. The van der Waals surface area contributed by atoms with Crippen LogP contribution in [-0.2, 0) is 30.3 Å². The fraction of sp³-hybridized carbons (Fsp3) is 0.600. The molecule has 0 spiro atoms. The topological polar surface area (TPSA) is 123 Å². The van der Waals surface area contributed by atoms with E-state index in [4.69, 9.17) is 9.47 Å². The van der Waals surface area contributed by atoms with Gasteiger partial charge in [0.1, 0.15) is 17.7 Å². The molecule has 3 amide bonds. The maximum Gasteiger partial charge on any atom is 0.408 e. The second-order valence-electron chi connectivity index (χ2n) is 11.4. The van der Waals surface area contributed by atoms with E-state index in [-0.39, 0.29) is 24.3 Å². The summed E-state index contributed by atoms with van der Waals surface area (Å²) in [6, 6.07) is 7.34. The van der Waals surface area contributed by atoms with Crippen LogP contribution in [0.25, 0.3) is 0 Å². The second kappa shape index (κ2) is 16.6. The number of benzene rings is 1. The normalized spacial score (nSPS) is 14.0. The number of alkyl carbamates (subject to hydrolysis) is 1. The predicted octanol–water partition coefficient (Wildman–Crippen LogP) is 4.30. The highest BCUT2D eigenvalue weighted by molar-refractivity contribution is 5.91. The number of carbonyl (C=O) groups excluding carboxylic acids is 4. The van der Waals surface area contributed by atoms with Gasteiger partial charge in [0.2, 0.25) is 11.8 Å². The van der Waals surface area contributed by atoms with Gasteiger partial charge in [0.05, 0.1) is 12.6 Å². The smallest absolute Gasteiger partial charge is 0.408 e. The lowest BCUT2D eigenvalue weighted by molar-refractivity contribution is -0.137. The Hall–Kier alpha value is -3.36. The molecule has 3 atom stereocenters. The highest BCUT2D eigenvalue weighted by Crippen LogP contribution is 2.12. The van der Waals surface area contributed by atoms with Crippen LogP contribution in [-0.4, -0.2) is 54.2 Å². The van der Waals surface area contributed by atoms with Crippen molar-refractivity contribution >= 4 is 23.9 Å². The van der Waals surface area contributed by atoms with Gasteiger partial charge in [-0.1, -0.05) is 64.1 Å². The molecule has 9 heteroatoms. The number of esters is 1. The van der Waals surface area contributed by atoms with Crippen molar-refractivity contribution in [2.45, 2.75) is 98.4 Å². The molecule has 0 aromatic heterocycles. The highest BCUT2D eigenvalue weighted by atomic mass is 16.6. The van der Waals surface area contributed by atoms with Gasteiger partial charge in [0.25, 0.3) is 0 Å². The van der Waals surface area contributed by atoms with E-state index in [1.54, 1.807) is 33.8 Å². The van der Waals surface area contributed by atoms with E-state index in [1.807, 2.05) is 58.0 Å². The first kappa shape index (κ1) is 33.7. The molecular formula is C30H47N3O6. The lowest BCUT2D eigenvalue weighted by Crippen LogP contribution is -2.55. The zero-order chi connectivity index (χ0) is 29.6. The summed E-state index contributed by atoms with van der Waals surface area (Å²) in [6.45, 7) is 15.0. The van der Waals surface area contributed by atoms with E-state index in [9.17, 15) is 19.2 Å². The number of hydrogen-bond donors (Lipinski definition) is 3. The molecule has 218 valence electrons. The van der Waals surface area contributed by atoms with Crippen molar-refractivity contribution in [3.63, 3.8) is 0 Å². The quantitative estimate of drug-likeness (QED) is 0.237. The molecule has 0 heterocycles. The van der Waals surface area contributed by atoms with Gasteiger partial charge in [0.15, 0.2) is 0 Å². The molecule has 0 fully saturated rings. The minimum Gasteiger partial charge on any atom is -0.463 e. The minimum atomic E-state index is -0.869. The average molecular weight is 546 g/mol. The van der Waals surface area contributed by atoms with Crippen LogP contribution in [0.4, 0.5) is 4.79 Å². The molecule has 0 saturated carbocycles. The van der Waals surface area contributed by atoms with Gasteiger partial charge in [-0.15, -0.1) is 0 Å². The van der Waals surface area contributed by atoms with Crippen molar-refractivity contribution in [1.82, 2.24) is 16.0 Å². The number of ether oxygens (including phenoxy) is 2. The fourth-order valence-corrected chi connectivity index (χ4v) is 3.83. The molecule has 39 heavy (non-hydrogen) atoms. The minimum absolute atomic E-state index is 0.103. The first-order valence-electron chi connectivity index (χ1n) is 13.7. The van der Waals surface area contributed by atoms with E-state index in [0.29, 0.717) is 19.3 Å². The number of rotatable bonds is 14. The maximum atomic E-state index is 13.5. The van der Waals surface area contributed by atoms with Gasteiger partial charge < -0.3 is 25.4 Å². The Balaban J connectivity index is 3.10. The summed E-state index contributed by atoms with van der Waals surface area (Å²) in [5.41, 5.74) is 0.257. The molecule has 9 nitrogen and oxygen atoms in total. The standard InChI is InChI=1S/C30H47N3O6/c1-9-38-26(34)16-15-23(19-22-13-11-10-12-14-22)31-27(35)24(17-20(2)3)32-28(36)25(18-21(4)5)33-29(37)39-30(6,7)8/h10-16,20-21,23-25H,9,17-19H2,1-8H3,(H,31,35)(H,32,36)(H,33,37)/b16-15+/t23-,24+,25+/m1/s1. The second-order valence-corrected chi connectivity index (χ2v) is 11.4. The molecule has 0 aliphatic carbocycles. The van der Waals surface area contributed by atoms with Crippen molar-refractivity contribution in [3.8, 4) is 0 Å². The van der Waals surface area contributed by atoms with Crippen LogP contribution in [0.15, 0.2) is 42.5 Å². The Morgan fingerprint density at radius 1 is 0.846 bits per heavy atom. The Bertz CT molecular complexity index is 953. The van der Waals surface area contributed by atoms with Crippen molar-refractivity contribution in [1.29, 1.82) is 0 Å². The van der Waals surface area contributed by atoms with Crippen LogP contribution in [0, 0.1) is 11.8 Å². The third-order valence-corrected chi connectivity index (χ3v) is 5.43. The van der Waals surface area contributed by atoms with Crippen molar-refractivity contribution in [3.05, 3.63) is 48.0 Å². The Morgan fingerprint density at radius 3 is 1.90 bits per heavy atom. The van der Waals surface area contributed by atoms with Crippen LogP contribution in [0.1, 0.15) is 73.8 Å². The largest absolute Gasteiger partial charge is 0.463 e. The van der Waals surface area contributed by atoms with Crippen LogP contribution in [0.2, 0.25) is 0 Å². The first-order valence-corrected chi connectivity index (χ1v) is 13.7. The van der Waals surface area contributed by atoms with Gasteiger partial charge in [-0.2, -0.15) is 0 Å². The molecule has 0 aliphatic heterocycles. The zero-order valence-electron chi connectivity index (χ0n) is 24.7. The van der Waals surface area contributed by atoms with Gasteiger partial charge in [-0.3, -0.25) is 9.59 Å². The van der Waals surface area contributed by atoms with Gasteiger partial charge >= 0.3 is 12.1 Å². The van der Waals surface area contributed by atoms with Crippen molar-refractivity contribution in [2.75, 3.05) is 6.61 Å². The van der Waals surface area contributed by atoms with Crippen LogP contribution in [0.3, 0.4) is 0 Å². The Morgan fingerprint density at radius 2 is 1.38 bits per heavy atom. The molecule has 1 rings (SSSR count). The summed E-state index contributed by atoms with van der Waals surface area (Å²) in [5, 5.41) is 8.46. The molecule has 0 radical (unpaired) electrons. The number of hydrogen-bond acceptors (Lipinski definition) is 6. The van der Waals surface area contributed by atoms with Crippen LogP contribution < -0.4 is 16.0 Å². The lowest BCUT2D eigenvalue weighted by atomic mass is 9.99. The summed E-state index contributed by atoms with van der Waals surface area (Å²) < 4.78 is 10.3. The summed E-state index contributed by atoms with van der Waals surface area (Å²) >= 11 is 0. The van der Waals surface area contributed by atoms with E-state index in [0.717, 1.165) is 5.56 Å². The van der Waals surface area contributed by atoms with Gasteiger partial charge in [-0.05, 0) is 64.4 Å². The number of nitrogens with one attached hydrogen (secondary N) is 3. The number of carbonyl (C=O) groups is 4. The molecule has 0 saturated heterocycles. The monoisotopic (exact) mass is 545 g/mol. The summed E-state index contributed by atoms with van der Waals surface area (Å²) in [5.74, 6) is -1.13. The van der Waals surface area contributed by atoms with Gasteiger partial charge in [-0.25, -0.2) is 9.59 Å². The van der Waals surface area contributed by atoms with E-state index >= 15 is 0 Å². The fourth-order valence-electron chi connectivity index (χ4n) is 3.83. The van der Waals surface area contributed by atoms with Gasteiger partial charge in [0, 0.05) is 6.08 Å². The zero-order valence-corrected chi connectivity index (χ0v) is 24.7. The van der Waals surface area contributed by atoms with E-state index in [2.05, 4.69) is 16.0 Å². The van der Waals surface area contributed by atoms with Crippen LogP contribution in [0.5, 0.6) is 0 Å². The lowest BCUT2D eigenvalue weighted by Gasteiger charge is -2.27. The Labute approximate surface area is 233 Å². The maximum absolute atomic E-state index is 13.5. The first-order chi connectivity index (χ1) is 18.2. The van der Waals surface area contributed by atoms with Crippen molar-refractivity contribution < 1.29 is 28.7 Å². The molecule has 0 bridgehead atoms. The predicted molar refractivity (Wildman–Crippen MR) is 152 cm³/mol. The molecule has 0 aliphatic rings. The molecular weight excluding hydrogens is 498 g/mol. The summed E-state index contributed by atoms with van der Waals surface area (Å²) in [4.78, 5) is 51.1. The Kier molecular flexibility index (Phi) is 14.3. The summed E-state index contributed by atoms with van der Waals surface area (Å²) in [6.07, 6.45) is 3.42. The molecule has 0 unspecified atom stereocenters. The SMILES string of the molecule is CCOC(=O)/C=C/[C@H](Cc1ccccc1)NC(=O)[C@H](CC(C)C)NC(=O)[C@H](CC(C)C)NC(=O)OC(C)(C)C. The summed E-state index contributed by atoms with van der Waals surface area (Å²) in [7, 11) is 0. The van der Waals surface area contributed by atoms with E-state index in [1.165, 1.54) is 6.08 Å². The van der Waals surface area contributed by atoms with Crippen LogP contribution >= 0.6 is 0 Å². The third-order valence-electron chi connectivity index (χ3n) is 5.43. The third kappa shape index (κ3) is 15.0. The molecule has 1 aromatic rings. The average Bonchev–Trinajstić information content (AvgIpc) is 2.80. The highest BCUT2D eigenvalue weighted by Gasteiger charge is 2.30. The van der Waals surface area contributed by atoms with Crippen molar-refractivity contribution in [2.24, 2.45) is 11.8 Å². The molecule has 1 aromatic carbocycles. The van der Waals surface area contributed by atoms with E-state index < -0.39 is 41.7 Å².